The molecule has 1 aliphatic rings. The van der Waals surface area contributed by atoms with Gasteiger partial charge in [-0.15, -0.1) is 0 Å². The fourth-order valence-electron chi connectivity index (χ4n) is 2.62. The summed E-state index contributed by atoms with van der Waals surface area (Å²) in [5.74, 6) is 0.965. The molecule has 19 heavy (non-hydrogen) atoms. The van der Waals surface area contributed by atoms with Crippen molar-refractivity contribution in [1.29, 1.82) is 0 Å². The summed E-state index contributed by atoms with van der Waals surface area (Å²) in [6, 6.07) is 6.55. The van der Waals surface area contributed by atoms with Crippen LogP contribution < -0.4 is 15.4 Å². The molecule has 2 rings (SSSR count). The Kier molecular flexibility index (Phi) is 3.88. The number of rotatable bonds is 2. The monoisotopic (exact) mass is 262 g/mol. The maximum atomic E-state index is 5.56. The van der Waals surface area contributed by atoms with Crippen molar-refractivity contribution in [3.63, 3.8) is 0 Å². The molecule has 1 saturated heterocycles. The summed E-state index contributed by atoms with van der Waals surface area (Å²) in [7, 11) is 1.75. The number of ether oxygens (including phenoxy) is 1. The molecule has 1 heterocycles. The molecule has 0 aromatic heterocycles. The highest BCUT2D eigenvalue weighted by molar-refractivity contribution is 5.44. The van der Waals surface area contributed by atoms with E-state index in [0.717, 1.165) is 25.4 Å². The highest BCUT2D eigenvalue weighted by Gasteiger charge is 2.32. The van der Waals surface area contributed by atoms with Gasteiger partial charge >= 0.3 is 0 Å². The van der Waals surface area contributed by atoms with Crippen molar-refractivity contribution in [2.24, 2.45) is 0 Å². The first-order chi connectivity index (χ1) is 8.87. The second-order valence-corrected chi connectivity index (χ2v) is 6.60. The third-order valence-electron chi connectivity index (χ3n) is 3.96. The largest absolute Gasteiger partial charge is 0.496 e. The van der Waals surface area contributed by atoms with Crippen LogP contribution in [0, 0.1) is 0 Å². The van der Waals surface area contributed by atoms with Crippen LogP contribution in [0.25, 0.3) is 0 Å². The SMILES string of the molecule is COc1ccc(C(C)(C)C)cc1C1(C)CNCCN1. The number of hydrogen-bond acceptors (Lipinski definition) is 3. The molecule has 0 amide bonds. The average molecular weight is 262 g/mol. The van der Waals surface area contributed by atoms with Gasteiger partial charge in [0.2, 0.25) is 0 Å². The van der Waals surface area contributed by atoms with E-state index < -0.39 is 0 Å². The van der Waals surface area contributed by atoms with Crippen molar-refractivity contribution in [1.82, 2.24) is 10.6 Å². The van der Waals surface area contributed by atoms with Crippen molar-refractivity contribution < 1.29 is 4.74 Å². The van der Waals surface area contributed by atoms with Crippen LogP contribution >= 0.6 is 0 Å². The number of hydrogen-bond donors (Lipinski definition) is 2. The molecule has 1 unspecified atom stereocenters. The van der Waals surface area contributed by atoms with Gasteiger partial charge in [0.05, 0.1) is 12.6 Å². The van der Waals surface area contributed by atoms with E-state index in [-0.39, 0.29) is 11.0 Å². The van der Waals surface area contributed by atoms with Gasteiger partial charge in [0.25, 0.3) is 0 Å². The molecule has 0 aliphatic carbocycles. The zero-order chi connectivity index (χ0) is 14.1. The predicted molar refractivity (Wildman–Crippen MR) is 79.9 cm³/mol. The lowest BCUT2D eigenvalue weighted by Crippen LogP contribution is -2.55. The standard InChI is InChI=1S/C16H26N2O/c1-15(2,3)12-6-7-14(19-5)13(10-12)16(4)11-17-8-9-18-16/h6-7,10,17-18H,8-9,11H2,1-5H3. The number of benzene rings is 1. The average Bonchev–Trinajstić information content (AvgIpc) is 2.38. The summed E-state index contributed by atoms with van der Waals surface area (Å²) in [4.78, 5) is 0. The second kappa shape index (κ2) is 5.14. The van der Waals surface area contributed by atoms with Gasteiger partial charge in [0, 0.05) is 25.2 Å². The summed E-state index contributed by atoms with van der Waals surface area (Å²) < 4.78 is 5.56. The molecule has 2 N–H and O–H groups in total. The van der Waals surface area contributed by atoms with Gasteiger partial charge in [-0.25, -0.2) is 0 Å². The smallest absolute Gasteiger partial charge is 0.123 e. The van der Waals surface area contributed by atoms with Crippen LogP contribution in [0.4, 0.5) is 0 Å². The van der Waals surface area contributed by atoms with Gasteiger partial charge in [0.15, 0.2) is 0 Å². The molecule has 1 aromatic rings. The van der Waals surface area contributed by atoms with Crippen molar-refractivity contribution >= 4 is 0 Å². The number of nitrogens with one attached hydrogen (secondary N) is 2. The molecular formula is C16H26N2O. The molecule has 1 aliphatic heterocycles. The lowest BCUT2D eigenvalue weighted by atomic mass is 9.82. The van der Waals surface area contributed by atoms with Crippen LogP contribution in [0.5, 0.6) is 5.75 Å². The van der Waals surface area contributed by atoms with Crippen molar-refractivity contribution in [3.05, 3.63) is 29.3 Å². The fourth-order valence-corrected chi connectivity index (χ4v) is 2.62. The van der Waals surface area contributed by atoms with Crippen LogP contribution in [-0.2, 0) is 11.0 Å². The molecule has 1 fully saturated rings. The quantitative estimate of drug-likeness (QED) is 0.858. The lowest BCUT2D eigenvalue weighted by Gasteiger charge is -2.37. The minimum absolute atomic E-state index is 0.0646. The van der Waals surface area contributed by atoms with Gasteiger partial charge in [-0.05, 0) is 30.0 Å². The Morgan fingerprint density at radius 3 is 2.47 bits per heavy atom. The van der Waals surface area contributed by atoms with E-state index in [1.807, 2.05) is 0 Å². The molecule has 106 valence electrons. The Balaban J connectivity index is 2.47. The minimum atomic E-state index is -0.0646. The maximum Gasteiger partial charge on any atom is 0.123 e. The van der Waals surface area contributed by atoms with Crippen LogP contribution in [0.1, 0.15) is 38.8 Å². The van der Waals surface area contributed by atoms with Gasteiger partial charge in [-0.3, -0.25) is 0 Å². The summed E-state index contributed by atoms with van der Waals surface area (Å²) >= 11 is 0. The first-order valence-electron chi connectivity index (χ1n) is 7.01. The van der Waals surface area contributed by atoms with E-state index in [4.69, 9.17) is 4.74 Å². The Morgan fingerprint density at radius 1 is 1.21 bits per heavy atom. The van der Waals surface area contributed by atoms with Gasteiger partial charge in [-0.2, -0.15) is 0 Å². The summed E-state index contributed by atoms with van der Waals surface area (Å²) in [5.41, 5.74) is 2.68. The van der Waals surface area contributed by atoms with E-state index in [9.17, 15) is 0 Å². The zero-order valence-electron chi connectivity index (χ0n) is 12.8. The molecule has 0 spiro atoms. The van der Waals surface area contributed by atoms with E-state index in [1.54, 1.807) is 7.11 Å². The fraction of sp³-hybridized carbons (Fsp3) is 0.625. The molecule has 0 saturated carbocycles. The Bertz CT molecular complexity index is 443. The Labute approximate surface area is 116 Å². The highest BCUT2D eigenvalue weighted by Crippen LogP contribution is 2.34. The van der Waals surface area contributed by atoms with Crippen molar-refractivity contribution in [3.8, 4) is 5.75 Å². The van der Waals surface area contributed by atoms with Crippen LogP contribution in [0.2, 0.25) is 0 Å². The van der Waals surface area contributed by atoms with Gasteiger partial charge < -0.3 is 15.4 Å². The Hall–Kier alpha value is -1.06. The second-order valence-electron chi connectivity index (χ2n) is 6.60. The summed E-state index contributed by atoms with van der Waals surface area (Å²) in [5, 5.41) is 7.09. The molecular weight excluding hydrogens is 236 g/mol. The predicted octanol–water partition coefficient (Wildman–Crippen LogP) is 2.40. The van der Waals surface area contributed by atoms with Crippen LogP contribution in [0.15, 0.2) is 18.2 Å². The maximum absolute atomic E-state index is 5.56. The van der Waals surface area contributed by atoms with E-state index in [2.05, 4.69) is 56.5 Å². The summed E-state index contributed by atoms with van der Waals surface area (Å²) in [6.45, 7) is 11.9. The topological polar surface area (TPSA) is 33.3 Å². The molecule has 0 bridgehead atoms. The third kappa shape index (κ3) is 2.93. The number of methoxy groups -OCH3 is 1. The van der Waals surface area contributed by atoms with E-state index in [1.165, 1.54) is 11.1 Å². The van der Waals surface area contributed by atoms with Crippen molar-refractivity contribution in [2.75, 3.05) is 26.7 Å². The first-order valence-corrected chi connectivity index (χ1v) is 7.01. The van der Waals surface area contributed by atoms with Crippen LogP contribution in [-0.4, -0.2) is 26.7 Å². The van der Waals surface area contributed by atoms with Gasteiger partial charge in [-0.1, -0.05) is 26.8 Å². The highest BCUT2D eigenvalue weighted by atomic mass is 16.5. The Morgan fingerprint density at radius 2 is 1.95 bits per heavy atom. The van der Waals surface area contributed by atoms with Gasteiger partial charge in [0.1, 0.15) is 5.75 Å². The van der Waals surface area contributed by atoms with Crippen LogP contribution in [0.3, 0.4) is 0 Å². The third-order valence-corrected chi connectivity index (χ3v) is 3.96. The molecule has 3 heteroatoms. The minimum Gasteiger partial charge on any atom is -0.496 e. The normalized spacial score (nSPS) is 24.3. The lowest BCUT2D eigenvalue weighted by molar-refractivity contribution is 0.289. The zero-order valence-corrected chi connectivity index (χ0v) is 12.8. The van der Waals surface area contributed by atoms with Crippen molar-refractivity contribution in [2.45, 2.75) is 38.6 Å². The van der Waals surface area contributed by atoms with E-state index in [0.29, 0.717) is 0 Å². The number of piperazine rings is 1. The molecule has 1 aromatic carbocycles. The first kappa shape index (κ1) is 14.4. The summed E-state index contributed by atoms with van der Waals surface area (Å²) in [6.07, 6.45) is 0. The molecule has 3 nitrogen and oxygen atoms in total. The molecule has 0 radical (unpaired) electrons. The molecule has 1 atom stereocenters. The van der Waals surface area contributed by atoms with E-state index >= 15 is 0 Å².